The fourth-order valence-electron chi connectivity index (χ4n) is 5.65. The van der Waals surface area contributed by atoms with Crippen LogP contribution in [0, 0.1) is 5.92 Å². The van der Waals surface area contributed by atoms with Crippen LogP contribution in [0.3, 0.4) is 0 Å². The summed E-state index contributed by atoms with van der Waals surface area (Å²) >= 11 is 0. The van der Waals surface area contributed by atoms with Crippen LogP contribution in [-0.4, -0.2) is 115 Å². The number of phenols is 2. The van der Waals surface area contributed by atoms with Crippen molar-refractivity contribution >= 4 is 5.78 Å². The number of aliphatic hydroxyl groups excluding tert-OH is 6. The second-order valence-electron chi connectivity index (χ2n) is 11.2. The molecule has 11 atom stereocenters. The zero-order chi connectivity index (χ0) is 31.2. The molecule has 43 heavy (non-hydrogen) atoms. The van der Waals surface area contributed by atoms with Crippen LogP contribution in [0.25, 0.3) is 0 Å². The molecule has 3 aliphatic rings. The number of carbonyl (C=O) groups excluding carboxylic acids is 1. The minimum atomic E-state index is -1.74. The predicted octanol–water partition coefficient (Wildman–Crippen LogP) is -0.493. The van der Waals surface area contributed by atoms with Gasteiger partial charge in [-0.15, -0.1) is 0 Å². The second kappa shape index (κ2) is 12.4. The number of hydrogen-bond donors (Lipinski definition) is 8. The van der Waals surface area contributed by atoms with Crippen LogP contribution in [0.5, 0.6) is 28.7 Å². The lowest BCUT2D eigenvalue weighted by atomic mass is 9.82. The molecule has 2 aromatic carbocycles. The Morgan fingerprint density at radius 2 is 1.60 bits per heavy atom. The molecular weight excluding hydrogens is 572 g/mol. The smallest absolute Gasteiger partial charge is 0.229 e. The number of rotatable bonds is 7. The quantitative estimate of drug-likeness (QED) is 0.199. The van der Waals surface area contributed by atoms with Gasteiger partial charge in [-0.05, 0) is 30.0 Å². The molecule has 2 fully saturated rings. The summed E-state index contributed by atoms with van der Waals surface area (Å²) in [5.74, 6) is -1.30. The third-order valence-corrected chi connectivity index (χ3v) is 8.21. The van der Waals surface area contributed by atoms with E-state index in [0.29, 0.717) is 5.56 Å². The van der Waals surface area contributed by atoms with Gasteiger partial charge in [-0.1, -0.05) is 13.0 Å². The number of ether oxygens (including phenoxy) is 5. The molecule has 2 heterocycles. The first-order valence-electron chi connectivity index (χ1n) is 13.9. The van der Waals surface area contributed by atoms with E-state index in [1.165, 1.54) is 25.3 Å². The minimum absolute atomic E-state index is 0.0292. The van der Waals surface area contributed by atoms with Crippen molar-refractivity contribution in [3.05, 3.63) is 41.5 Å². The lowest BCUT2D eigenvalue weighted by Crippen LogP contribution is -2.61. The predicted molar refractivity (Wildman–Crippen MR) is 144 cm³/mol. The van der Waals surface area contributed by atoms with Crippen LogP contribution < -0.4 is 14.2 Å². The third-order valence-electron chi connectivity index (χ3n) is 8.21. The Balaban J connectivity index is 1.30. The molecule has 1 saturated heterocycles. The minimum Gasteiger partial charge on any atom is -0.507 e. The number of Topliss-reactive ketones (excluding diaryl/α,β-unsaturated/α-hetero) is 1. The maximum Gasteiger partial charge on any atom is 0.229 e. The van der Waals surface area contributed by atoms with Crippen molar-refractivity contribution in [2.24, 2.45) is 5.92 Å². The van der Waals surface area contributed by atoms with E-state index in [-0.39, 0.29) is 53.9 Å². The van der Waals surface area contributed by atoms with Crippen LogP contribution in [0.1, 0.15) is 41.8 Å². The van der Waals surface area contributed by atoms with Crippen molar-refractivity contribution in [3.63, 3.8) is 0 Å². The number of aliphatic hydroxyl groups is 6. The molecule has 8 N–H and O–H groups in total. The van der Waals surface area contributed by atoms with Gasteiger partial charge in [-0.3, -0.25) is 4.79 Å². The molecule has 5 rings (SSSR count). The van der Waals surface area contributed by atoms with E-state index in [1.54, 1.807) is 13.0 Å². The topological polar surface area (TPSA) is 225 Å². The van der Waals surface area contributed by atoms with Gasteiger partial charge in [-0.25, -0.2) is 0 Å². The van der Waals surface area contributed by atoms with Crippen LogP contribution >= 0.6 is 0 Å². The molecule has 14 heteroatoms. The number of fused-ring (bicyclic) bond motifs is 1. The van der Waals surface area contributed by atoms with Crippen molar-refractivity contribution in [2.75, 3.05) is 13.7 Å². The number of hydrogen-bond acceptors (Lipinski definition) is 14. The maximum atomic E-state index is 12.9. The Morgan fingerprint density at radius 3 is 2.30 bits per heavy atom. The molecule has 14 nitrogen and oxygen atoms in total. The highest BCUT2D eigenvalue weighted by molar-refractivity contribution is 6.02. The van der Waals surface area contributed by atoms with E-state index < -0.39 is 72.8 Å². The first-order valence-corrected chi connectivity index (χ1v) is 13.9. The maximum absolute atomic E-state index is 12.9. The van der Waals surface area contributed by atoms with Crippen molar-refractivity contribution in [3.8, 4) is 28.7 Å². The van der Waals surface area contributed by atoms with Crippen molar-refractivity contribution < 1.29 is 69.3 Å². The third kappa shape index (κ3) is 6.10. The lowest BCUT2D eigenvalue weighted by Gasteiger charge is -2.42. The van der Waals surface area contributed by atoms with Gasteiger partial charge >= 0.3 is 0 Å². The van der Waals surface area contributed by atoms with Gasteiger partial charge in [0.05, 0.1) is 32.3 Å². The summed E-state index contributed by atoms with van der Waals surface area (Å²) in [6, 6.07) is 6.96. The Hall–Kier alpha value is -3.21. The molecule has 236 valence electrons. The van der Waals surface area contributed by atoms with E-state index in [4.69, 9.17) is 23.7 Å². The highest BCUT2D eigenvalue weighted by atomic mass is 16.7. The normalized spacial score (nSPS) is 36.0. The van der Waals surface area contributed by atoms with Crippen LogP contribution in [0.15, 0.2) is 30.3 Å². The fourth-order valence-corrected chi connectivity index (χ4v) is 5.65. The zero-order valence-electron chi connectivity index (χ0n) is 23.4. The summed E-state index contributed by atoms with van der Waals surface area (Å²) in [5.41, 5.74) is 0.398. The number of carbonyl (C=O) groups is 1. The van der Waals surface area contributed by atoms with E-state index in [2.05, 4.69) is 0 Å². The van der Waals surface area contributed by atoms with Gasteiger partial charge < -0.3 is 64.5 Å². The Bertz CT molecular complexity index is 1320. The van der Waals surface area contributed by atoms with Crippen molar-refractivity contribution in [2.45, 2.75) is 81.0 Å². The number of methoxy groups -OCH3 is 1. The molecule has 0 unspecified atom stereocenters. The van der Waals surface area contributed by atoms with Crippen LogP contribution in [-0.2, 0) is 9.47 Å². The number of ketones is 1. The number of phenolic OH excluding ortho intramolecular Hbond substituents is 2. The van der Waals surface area contributed by atoms with Crippen molar-refractivity contribution in [1.82, 2.24) is 0 Å². The Morgan fingerprint density at radius 1 is 0.884 bits per heavy atom. The molecule has 0 bridgehead atoms. The average molecular weight is 609 g/mol. The van der Waals surface area contributed by atoms with Gasteiger partial charge in [0.1, 0.15) is 65.5 Å². The highest BCUT2D eigenvalue weighted by Gasteiger charge is 2.47. The average Bonchev–Trinajstić information content (AvgIpc) is 2.97. The Kier molecular flexibility index (Phi) is 9.02. The molecule has 0 amide bonds. The van der Waals surface area contributed by atoms with Gasteiger partial charge in [-0.2, -0.15) is 0 Å². The fraction of sp³-hybridized carbons (Fsp3) is 0.552. The summed E-state index contributed by atoms with van der Waals surface area (Å²) in [6.45, 7) is 1.31. The van der Waals surface area contributed by atoms with E-state index in [9.17, 15) is 45.6 Å². The van der Waals surface area contributed by atoms with E-state index >= 15 is 0 Å². The van der Waals surface area contributed by atoms with Crippen LogP contribution in [0.4, 0.5) is 0 Å². The van der Waals surface area contributed by atoms with Crippen LogP contribution in [0.2, 0.25) is 0 Å². The highest BCUT2D eigenvalue weighted by Crippen LogP contribution is 2.43. The molecule has 1 saturated carbocycles. The standard InChI is InChI=1S/C29H36O14/c1-11-5-20(24(34)26(36)23(11)33)40-10-21-25(35)27(37)28(38)29(43-21)41-13-7-15(31)22-16(32)9-18(42-19(22)8-13)12-3-4-17(39-2)14(30)6-12/h3-4,6-8,11,18,20-21,23-31,33-38H,5,9-10H2,1-2H3/t11-,18-,20+,21+,23-,24-,25+,26-,27+,28+,29+/m0/s1. The lowest BCUT2D eigenvalue weighted by molar-refractivity contribution is -0.285. The number of benzene rings is 2. The summed E-state index contributed by atoms with van der Waals surface area (Å²) in [4.78, 5) is 12.9. The summed E-state index contributed by atoms with van der Waals surface area (Å²) in [6.07, 6.45) is -13.5. The molecule has 0 spiro atoms. The summed E-state index contributed by atoms with van der Waals surface area (Å²) in [5, 5.41) is 82.7. The van der Waals surface area contributed by atoms with E-state index in [1.807, 2.05) is 0 Å². The summed E-state index contributed by atoms with van der Waals surface area (Å²) < 4.78 is 28.1. The molecule has 0 aromatic heterocycles. The first kappa shape index (κ1) is 31.2. The summed E-state index contributed by atoms with van der Waals surface area (Å²) in [7, 11) is 1.40. The van der Waals surface area contributed by atoms with E-state index in [0.717, 1.165) is 6.07 Å². The van der Waals surface area contributed by atoms with Gasteiger partial charge in [0.2, 0.25) is 6.29 Å². The Labute approximate surface area is 246 Å². The van der Waals surface area contributed by atoms with Gasteiger partial charge in [0.15, 0.2) is 17.3 Å². The monoisotopic (exact) mass is 608 g/mol. The largest absolute Gasteiger partial charge is 0.507 e. The zero-order valence-corrected chi connectivity index (χ0v) is 23.4. The second-order valence-corrected chi connectivity index (χ2v) is 11.2. The van der Waals surface area contributed by atoms with Gasteiger partial charge in [0.25, 0.3) is 0 Å². The number of aromatic hydroxyl groups is 2. The van der Waals surface area contributed by atoms with Gasteiger partial charge in [0, 0.05) is 12.1 Å². The molecular formula is C29H36O14. The van der Waals surface area contributed by atoms with Crippen molar-refractivity contribution in [1.29, 1.82) is 0 Å². The molecule has 2 aromatic rings. The first-order chi connectivity index (χ1) is 20.4. The molecule has 1 aliphatic carbocycles. The SMILES string of the molecule is COc1ccc([C@@H]2CC(=O)c3c(O)cc(O[C@@H]4O[C@H](CO[C@@H]5C[C@H](C)[C@H](O)[C@H](O)[C@H]5O)[C@@H](O)[C@@H](O)[C@H]4O)cc3O2)cc1O. The molecule has 0 radical (unpaired) electrons. The molecule has 2 aliphatic heterocycles.